The average Bonchev–Trinajstić information content (AvgIpc) is 3.08. The van der Waals surface area contributed by atoms with Gasteiger partial charge in [0.05, 0.1) is 23.0 Å². The highest BCUT2D eigenvalue weighted by Crippen LogP contribution is 2.35. The number of carbonyl (C=O) groups excluding carboxylic acids is 3. The number of carbonyl (C=O) groups is 3. The first-order chi connectivity index (χ1) is 16.3. The van der Waals surface area contributed by atoms with Crippen molar-refractivity contribution in [1.82, 2.24) is 4.90 Å². The number of benzene rings is 2. The predicted octanol–water partition coefficient (Wildman–Crippen LogP) is 3.41. The molecule has 2 heterocycles. The monoisotopic (exact) mass is 482 g/mol. The molecule has 2 aliphatic heterocycles. The molecule has 4 rings (SSSR count). The highest BCUT2D eigenvalue weighted by molar-refractivity contribution is 8.18. The molecule has 11 heteroatoms. The third kappa shape index (κ3) is 5.26. The van der Waals surface area contributed by atoms with Gasteiger partial charge < -0.3 is 15.0 Å². The number of ether oxygens (including phenoxy) is 1. The minimum absolute atomic E-state index is 0.0904. The van der Waals surface area contributed by atoms with Crippen molar-refractivity contribution < 1.29 is 24.0 Å². The number of hydrogen-bond donors (Lipinski definition) is 1. The highest BCUT2D eigenvalue weighted by atomic mass is 32.2. The van der Waals surface area contributed by atoms with E-state index in [0.29, 0.717) is 55.0 Å². The Morgan fingerprint density at radius 1 is 1.18 bits per heavy atom. The van der Waals surface area contributed by atoms with Crippen LogP contribution in [0.5, 0.6) is 0 Å². The van der Waals surface area contributed by atoms with Crippen LogP contribution >= 0.6 is 11.8 Å². The maximum atomic E-state index is 12.8. The summed E-state index contributed by atoms with van der Waals surface area (Å²) in [6.07, 6.45) is 1.43. The van der Waals surface area contributed by atoms with Crippen LogP contribution in [0.15, 0.2) is 47.4 Å². The number of thioether (sulfide) groups is 1. The topological polar surface area (TPSA) is 122 Å². The molecule has 2 saturated heterocycles. The fourth-order valence-electron chi connectivity index (χ4n) is 3.62. The van der Waals surface area contributed by atoms with Crippen LogP contribution < -0.4 is 10.2 Å². The van der Waals surface area contributed by atoms with E-state index in [1.54, 1.807) is 24.3 Å². The molecule has 0 bridgehead atoms. The largest absolute Gasteiger partial charge is 0.378 e. The van der Waals surface area contributed by atoms with Crippen molar-refractivity contribution in [2.75, 3.05) is 43.1 Å². The van der Waals surface area contributed by atoms with Gasteiger partial charge in [0.1, 0.15) is 12.2 Å². The molecule has 10 nitrogen and oxygen atoms in total. The Kier molecular flexibility index (Phi) is 6.94. The van der Waals surface area contributed by atoms with E-state index in [1.165, 1.54) is 12.1 Å². The third-order valence-electron chi connectivity index (χ3n) is 5.36. The quantitative estimate of drug-likeness (QED) is 0.378. The average molecular weight is 483 g/mol. The summed E-state index contributed by atoms with van der Waals surface area (Å²) in [5, 5.41) is 13.7. The summed E-state index contributed by atoms with van der Waals surface area (Å²) in [5.41, 5.74) is 2.40. The Balaban J connectivity index is 1.49. The lowest BCUT2D eigenvalue weighted by atomic mass is 10.1. The molecule has 0 saturated carbocycles. The zero-order valence-electron chi connectivity index (χ0n) is 18.4. The van der Waals surface area contributed by atoms with Gasteiger partial charge >= 0.3 is 0 Å². The molecule has 2 aliphatic rings. The van der Waals surface area contributed by atoms with Crippen LogP contribution in [0.4, 0.5) is 21.9 Å². The lowest BCUT2D eigenvalue weighted by molar-refractivity contribution is -0.384. The number of nitro benzene ring substituents is 1. The van der Waals surface area contributed by atoms with Gasteiger partial charge in [-0.1, -0.05) is 23.8 Å². The predicted molar refractivity (Wildman–Crippen MR) is 129 cm³/mol. The van der Waals surface area contributed by atoms with Crippen LogP contribution in [0.1, 0.15) is 11.1 Å². The summed E-state index contributed by atoms with van der Waals surface area (Å²) in [5.74, 6) is -1.12. The summed E-state index contributed by atoms with van der Waals surface area (Å²) < 4.78 is 5.30. The zero-order valence-corrected chi connectivity index (χ0v) is 19.2. The standard InChI is InChI=1S/C23H22N4O6S/c1-15-2-5-17(6-3-15)24-21(28)14-26-22(29)20(34-23(26)30)13-16-4-7-18(19(12-16)27(31)32)25-8-10-33-11-9-25/h2-7,12-13H,8-11,14H2,1H3,(H,24,28)/b20-13-. The first-order valence-electron chi connectivity index (χ1n) is 10.5. The summed E-state index contributed by atoms with van der Waals surface area (Å²) in [4.78, 5) is 51.5. The van der Waals surface area contributed by atoms with Crippen LogP contribution in [-0.2, 0) is 14.3 Å². The van der Waals surface area contributed by atoms with E-state index in [4.69, 9.17) is 4.74 Å². The minimum atomic E-state index is -0.617. The molecule has 0 atom stereocenters. The van der Waals surface area contributed by atoms with E-state index < -0.39 is 28.5 Å². The fourth-order valence-corrected chi connectivity index (χ4v) is 4.46. The van der Waals surface area contributed by atoms with Crippen molar-refractivity contribution in [1.29, 1.82) is 0 Å². The van der Waals surface area contributed by atoms with E-state index in [9.17, 15) is 24.5 Å². The Morgan fingerprint density at radius 3 is 2.56 bits per heavy atom. The highest BCUT2D eigenvalue weighted by Gasteiger charge is 2.36. The molecule has 2 fully saturated rings. The second-order valence-electron chi connectivity index (χ2n) is 7.79. The maximum absolute atomic E-state index is 12.8. The van der Waals surface area contributed by atoms with Gasteiger partial charge in [-0.2, -0.15) is 0 Å². The molecular formula is C23H22N4O6S. The summed E-state index contributed by atoms with van der Waals surface area (Å²) in [7, 11) is 0. The third-order valence-corrected chi connectivity index (χ3v) is 6.26. The normalized spacial score (nSPS) is 17.4. The molecule has 0 aliphatic carbocycles. The number of morpholine rings is 1. The Hall–Kier alpha value is -3.70. The number of nitro groups is 1. The van der Waals surface area contributed by atoms with Crippen LogP contribution in [-0.4, -0.2) is 59.7 Å². The smallest absolute Gasteiger partial charge is 0.294 e. The molecule has 0 aromatic heterocycles. The number of aryl methyl sites for hydroxylation is 1. The first-order valence-corrected chi connectivity index (χ1v) is 11.4. The SMILES string of the molecule is Cc1ccc(NC(=O)CN2C(=O)S/C(=C\c3ccc(N4CCOCC4)c([N+](=O)[O-])c3)C2=O)cc1. The zero-order chi connectivity index (χ0) is 24.2. The van der Waals surface area contributed by atoms with Crippen molar-refractivity contribution in [2.45, 2.75) is 6.92 Å². The van der Waals surface area contributed by atoms with Gasteiger partial charge in [0.2, 0.25) is 5.91 Å². The van der Waals surface area contributed by atoms with E-state index >= 15 is 0 Å². The van der Waals surface area contributed by atoms with E-state index in [-0.39, 0.29) is 10.6 Å². The molecule has 0 unspecified atom stereocenters. The lowest BCUT2D eigenvalue weighted by Crippen LogP contribution is -2.36. The van der Waals surface area contributed by atoms with Gasteiger partial charge in [0, 0.05) is 24.8 Å². The number of hydrogen-bond acceptors (Lipinski definition) is 8. The van der Waals surface area contributed by atoms with Crippen molar-refractivity contribution in [2.24, 2.45) is 0 Å². The van der Waals surface area contributed by atoms with E-state index in [0.717, 1.165) is 10.5 Å². The van der Waals surface area contributed by atoms with Crippen LogP contribution in [0.2, 0.25) is 0 Å². The molecule has 176 valence electrons. The summed E-state index contributed by atoms with van der Waals surface area (Å²) in [6.45, 7) is 3.57. The molecule has 0 radical (unpaired) electrons. The van der Waals surface area contributed by atoms with Crippen molar-refractivity contribution >= 4 is 52.0 Å². The van der Waals surface area contributed by atoms with Crippen molar-refractivity contribution in [3.05, 3.63) is 68.6 Å². The van der Waals surface area contributed by atoms with Gasteiger partial charge in [-0.05, 0) is 48.5 Å². The number of rotatable bonds is 6. The van der Waals surface area contributed by atoms with Gasteiger partial charge in [-0.15, -0.1) is 0 Å². The second-order valence-corrected chi connectivity index (χ2v) is 8.78. The minimum Gasteiger partial charge on any atom is -0.378 e. The van der Waals surface area contributed by atoms with Crippen LogP contribution in [0.25, 0.3) is 6.08 Å². The van der Waals surface area contributed by atoms with E-state index in [1.807, 2.05) is 24.0 Å². The molecule has 1 N–H and O–H groups in total. The van der Waals surface area contributed by atoms with E-state index in [2.05, 4.69) is 5.32 Å². The Labute approximate surface area is 199 Å². The Bertz CT molecular complexity index is 1170. The molecule has 3 amide bonds. The van der Waals surface area contributed by atoms with Gasteiger partial charge in [0.15, 0.2) is 0 Å². The summed E-state index contributed by atoms with van der Waals surface area (Å²) in [6, 6.07) is 11.8. The van der Waals surface area contributed by atoms with Gasteiger partial charge in [0.25, 0.3) is 16.8 Å². The number of anilines is 2. The number of amides is 3. The molecule has 2 aromatic rings. The second kappa shape index (κ2) is 10.1. The number of imide groups is 1. The molecule has 0 spiro atoms. The molecule has 2 aromatic carbocycles. The molecular weight excluding hydrogens is 460 g/mol. The van der Waals surface area contributed by atoms with Crippen LogP contribution in [0, 0.1) is 17.0 Å². The van der Waals surface area contributed by atoms with Crippen LogP contribution in [0.3, 0.4) is 0 Å². The van der Waals surface area contributed by atoms with Crippen molar-refractivity contribution in [3.8, 4) is 0 Å². The van der Waals surface area contributed by atoms with Gasteiger partial charge in [-0.25, -0.2) is 0 Å². The fraction of sp³-hybridized carbons (Fsp3) is 0.261. The van der Waals surface area contributed by atoms with Gasteiger partial charge in [-0.3, -0.25) is 29.4 Å². The summed E-state index contributed by atoms with van der Waals surface area (Å²) >= 11 is 0.695. The lowest BCUT2D eigenvalue weighted by Gasteiger charge is -2.28. The number of nitrogens with one attached hydrogen (secondary N) is 1. The maximum Gasteiger partial charge on any atom is 0.294 e. The Morgan fingerprint density at radius 2 is 1.88 bits per heavy atom. The molecule has 34 heavy (non-hydrogen) atoms. The number of nitrogens with zero attached hydrogens (tertiary/aromatic N) is 3. The first kappa shape index (κ1) is 23.5. The van der Waals surface area contributed by atoms with Crippen molar-refractivity contribution in [3.63, 3.8) is 0 Å².